The van der Waals surface area contributed by atoms with Crippen LogP contribution in [0.5, 0.6) is 0 Å². The van der Waals surface area contributed by atoms with Gasteiger partial charge in [0.2, 0.25) is 0 Å². The molecule has 0 aliphatic rings. The number of nitro benzene ring substituents is 1. The zero-order valence-electron chi connectivity index (χ0n) is 13.1. The van der Waals surface area contributed by atoms with E-state index in [1.54, 1.807) is 13.8 Å². The molecule has 0 aliphatic carbocycles. The van der Waals surface area contributed by atoms with Crippen LogP contribution >= 0.6 is 0 Å². The van der Waals surface area contributed by atoms with Crippen LogP contribution in [-0.2, 0) is 9.47 Å². The molecule has 1 aromatic carbocycles. The van der Waals surface area contributed by atoms with E-state index in [1.165, 1.54) is 35.1 Å². The second-order valence-corrected chi connectivity index (χ2v) is 4.53. The first kappa shape index (κ1) is 17.1. The average Bonchev–Trinajstić information content (AvgIpc) is 3.00. The van der Waals surface area contributed by atoms with Crippen LogP contribution in [0.4, 0.5) is 5.69 Å². The molecule has 0 saturated heterocycles. The highest BCUT2D eigenvalue weighted by Crippen LogP contribution is 2.20. The molecule has 1 heterocycles. The fraction of sp³-hybridized carbons (Fsp3) is 0.267. The molecule has 0 unspecified atom stereocenters. The maximum Gasteiger partial charge on any atom is 0.357 e. The topological polar surface area (TPSA) is 114 Å². The lowest BCUT2D eigenvalue weighted by Crippen LogP contribution is -2.17. The Balaban J connectivity index is 2.51. The van der Waals surface area contributed by atoms with Crippen molar-refractivity contribution in [2.24, 2.45) is 0 Å². The van der Waals surface area contributed by atoms with Gasteiger partial charge in [-0.25, -0.2) is 14.3 Å². The molecule has 9 heteroatoms. The zero-order chi connectivity index (χ0) is 17.7. The summed E-state index contributed by atoms with van der Waals surface area (Å²) in [7, 11) is 0. The molecule has 1 aromatic heterocycles. The average molecular weight is 333 g/mol. The summed E-state index contributed by atoms with van der Waals surface area (Å²) in [6.07, 6.45) is 1.20. The number of carbonyl (C=O) groups is 2. The van der Waals surface area contributed by atoms with Crippen LogP contribution in [0.15, 0.2) is 30.5 Å². The summed E-state index contributed by atoms with van der Waals surface area (Å²) in [4.78, 5) is 34.4. The van der Waals surface area contributed by atoms with Gasteiger partial charge in [-0.2, -0.15) is 5.10 Å². The number of benzene rings is 1. The van der Waals surface area contributed by atoms with Crippen LogP contribution in [0, 0.1) is 10.1 Å². The SMILES string of the molecule is CCOC(=O)c1cnn(-c2ccc([N+](=O)[O-])cc2)c1C(=O)OCC. The number of nitrogens with zero attached hydrogens (tertiary/aromatic N) is 3. The van der Waals surface area contributed by atoms with Crippen molar-refractivity contribution < 1.29 is 24.0 Å². The van der Waals surface area contributed by atoms with Crippen molar-refractivity contribution in [3.8, 4) is 5.69 Å². The number of esters is 2. The Morgan fingerprint density at radius 3 is 2.25 bits per heavy atom. The van der Waals surface area contributed by atoms with E-state index >= 15 is 0 Å². The second kappa shape index (κ2) is 7.36. The minimum atomic E-state index is -0.739. The second-order valence-electron chi connectivity index (χ2n) is 4.53. The van der Waals surface area contributed by atoms with Crippen molar-refractivity contribution in [2.45, 2.75) is 13.8 Å². The predicted octanol–water partition coefficient (Wildman–Crippen LogP) is 2.13. The lowest BCUT2D eigenvalue weighted by atomic mass is 10.2. The number of hydrogen-bond acceptors (Lipinski definition) is 7. The van der Waals surface area contributed by atoms with Crippen LogP contribution in [-0.4, -0.2) is 39.9 Å². The summed E-state index contributed by atoms with van der Waals surface area (Å²) in [6.45, 7) is 3.54. The fourth-order valence-corrected chi connectivity index (χ4v) is 2.01. The van der Waals surface area contributed by atoms with Crippen LogP contribution in [0.1, 0.15) is 34.7 Å². The minimum absolute atomic E-state index is 0.0337. The minimum Gasteiger partial charge on any atom is -0.462 e. The molecule has 126 valence electrons. The van der Waals surface area contributed by atoms with Gasteiger partial charge in [0, 0.05) is 12.1 Å². The van der Waals surface area contributed by atoms with E-state index in [2.05, 4.69) is 5.10 Å². The Morgan fingerprint density at radius 1 is 1.12 bits per heavy atom. The van der Waals surface area contributed by atoms with Gasteiger partial charge >= 0.3 is 11.9 Å². The van der Waals surface area contributed by atoms with Crippen LogP contribution < -0.4 is 0 Å². The van der Waals surface area contributed by atoms with Crippen LogP contribution in [0.3, 0.4) is 0 Å². The Morgan fingerprint density at radius 2 is 1.71 bits per heavy atom. The van der Waals surface area contributed by atoms with Gasteiger partial charge in [0.1, 0.15) is 5.56 Å². The third-order valence-electron chi connectivity index (χ3n) is 3.04. The van der Waals surface area contributed by atoms with Gasteiger partial charge in [0.25, 0.3) is 5.69 Å². The van der Waals surface area contributed by atoms with Gasteiger partial charge in [0.05, 0.1) is 30.0 Å². The number of rotatable bonds is 6. The van der Waals surface area contributed by atoms with E-state index in [-0.39, 0.29) is 30.2 Å². The first-order valence-electron chi connectivity index (χ1n) is 7.16. The van der Waals surface area contributed by atoms with E-state index in [0.717, 1.165) is 0 Å². The highest BCUT2D eigenvalue weighted by molar-refractivity contribution is 6.02. The van der Waals surface area contributed by atoms with Crippen LogP contribution in [0.2, 0.25) is 0 Å². The number of ether oxygens (including phenoxy) is 2. The number of carbonyl (C=O) groups excluding carboxylic acids is 2. The van der Waals surface area contributed by atoms with Gasteiger partial charge in [-0.3, -0.25) is 10.1 Å². The van der Waals surface area contributed by atoms with Gasteiger partial charge in [0.15, 0.2) is 5.69 Å². The Kier molecular flexibility index (Phi) is 5.25. The van der Waals surface area contributed by atoms with Gasteiger partial charge < -0.3 is 9.47 Å². The highest BCUT2D eigenvalue weighted by atomic mass is 16.6. The van der Waals surface area contributed by atoms with Crippen molar-refractivity contribution in [1.29, 1.82) is 0 Å². The molecule has 0 fully saturated rings. The molecule has 24 heavy (non-hydrogen) atoms. The normalized spacial score (nSPS) is 10.2. The van der Waals surface area contributed by atoms with Gasteiger partial charge in [-0.1, -0.05) is 0 Å². The van der Waals surface area contributed by atoms with E-state index in [9.17, 15) is 19.7 Å². The quantitative estimate of drug-likeness (QED) is 0.452. The molecular formula is C15H15N3O6. The molecule has 0 N–H and O–H groups in total. The highest BCUT2D eigenvalue weighted by Gasteiger charge is 2.26. The Bertz CT molecular complexity index is 766. The standard InChI is InChI=1S/C15H15N3O6/c1-3-23-14(19)12-9-16-17(13(12)15(20)24-4-2)10-5-7-11(8-6-10)18(21)22/h5-9H,3-4H2,1-2H3. The third kappa shape index (κ3) is 3.40. The maximum absolute atomic E-state index is 12.2. The fourth-order valence-electron chi connectivity index (χ4n) is 2.01. The molecule has 0 aliphatic heterocycles. The summed E-state index contributed by atoms with van der Waals surface area (Å²) in [6, 6.07) is 5.39. The molecule has 0 bridgehead atoms. The van der Waals surface area contributed by atoms with Crippen molar-refractivity contribution in [3.63, 3.8) is 0 Å². The van der Waals surface area contributed by atoms with E-state index in [0.29, 0.717) is 5.69 Å². The van der Waals surface area contributed by atoms with E-state index in [1.807, 2.05) is 0 Å². The number of non-ortho nitro benzene ring substituents is 1. The van der Waals surface area contributed by atoms with Crippen molar-refractivity contribution >= 4 is 17.6 Å². The van der Waals surface area contributed by atoms with E-state index < -0.39 is 16.9 Å². The summed E-state index contributed by atoms with van der Waals surface area (Å²) in [5, 5.41) is 14.7. The van der Waals surface area contributed by atoms with Crippen molar-refractivity contribution in [1.82, 2.24) is 9.78 Å². The summed E-state index contributed by atoms with van der Waals surface area (Å²) in [5.74, 6) is -1.44. The van der Waals surface area contributed by atoms with Crippen molar-refractivity contribution in [3.05, 3.63) is 51.8 Å². The molecule has 0 saturated carbocycles. The molecule has 2 aromatic rings. The third-order valence-corrected chi connectivity index (χ3v) is 3.04. The zero-order valence-corrected chi connectivity index (χ0v) is 13.1. The molecule has 0 amide bonds. The van der Waals surface area contributed by atoms with E-state index in [4.69, 9.17) is 9.47 Å². The van der Waals surface area contributed by atoms with Gasteiger partial charge in [-0.15, -0.1) is 0 Å². The maximum atomic E-state index is 12.2. The first-order chi connectivity index (χ1) is 11.5. The lowest BCUT2D eigenvalue weighted by molar-refractivity contribution is -0.384. The molecule has 0 radical (unpaired) electrons. The number of aromatic nitrogens is 2. The molecule has 0 atom stereocenters. The lowest BCUT2D eigenvalue weighted by Gasteiger charge is -2.08. The molecule has 9 nitrogen and oxygen atoms in total. The predicted molar refractivity (Wildman–Crippen MR) is 82.1 cm³/mol. The van der Waals surface area contributed by atoms with Crippen molar-refractivity contribution in [2.75, 3.05) is 13.2 Å². The number of nitro groups is 1. The smallest absolute Gasteiger partial charge is 0.357 e. The monoisotopic (exact) mass is 333 g/mol. The molecule has 2 rings (SSSR count). The van der Waals surface area contributed by atoms with Gasteiger partial charge in [-0.05, 0) is 26.0 Å². The Labute approximate surface area is 136 Å². The summed E-state index contributed by atoms with van der Waals surface area (Å²) < 4.78 is 11.1. The Hall–Kier alpha value is -3.23. The summed E-state index contributed by atoms with van der Waals surface area (Å²) in [5.41, 5.74) is 0.145. The summed E-state index contributed by atoms with van der Waals surface area (Å²) >= 11 is 0. The molecular weight excluding hydrogens is 318 g/mol. The largest absolute Gasteiger partial charge is 0.462 e. The molecule has 0 spiro atoms. The number of hydrogen-bond donors (Lipinski definition) is 0. The first-order valence-corrected chi connectivity index (χ1v) is 7.16. The van der Waals surface area contributed by atoms with Crippen LogP contribution in [0.25, 0.3) is 5.69 Å².